The van der Waals surface area contributed by atoms with E-state index in [1.165, 1.54) is 44.9 Å². The van der Waals surface area contributed by atoms with Crippen LogP contribution in [-0.2, 0) is 6.42 Å². The third kappa shape index (κ3) is 3.02. The Morgan fingerprint density at radius 1 is 1.10 bits per heavy atom. The van der Waals surface area contributed by atoms with E-state index in [4.69, 9.17) is 5.73 Å². The normalized spacial score (nSPS) is 29.4. The van der Waals surface area contributed by atoms with Crippen LogP contribution in [0.25, 0.3) is 0 Å². The van der Waals surface area contributed by atoms with Crippen LogP contribution in [0.5, 0.6) is 0 Å². The second-order valence-electron chi connectivity index (χ2n) is 6.78. The van der Waals surface area contributed by atoms with Crippen molar-refractivity contribution in [1.82, 2.24) is 4.90 Å². The maximum absolute atomic E-state index is 6.08. The van der Waals surface area contributed by atoms with E-state index in [1.807, 2.05) is 0 Å². The van der Waals surface area contributed by atoms with E-state index in [9.17, 15) is 0 Å². The molecule has 1 aromatic carbocycles. The van der Waals surface area contributed by atoms with Crippen molar-refractivity contribution >= 4 is 0 Å². The zero-order valence-electron chi connectivity index (χ0n) is 13.4. The summed E-state index contributed by atoms with van der Waals surface area (Å²) in [5, 5.41) is 0. The highest BCUT2D eigenvalue weighted by molar-refractivity contribution is 5.32. The van der Waals surface area contributed by atoms with Crippen LogP contribution >= 0.6 is 0 Å². The zero-order chi connectivity index (χ0) is 14.7. The number of benzene rings is 1. The lowest BCUT2D eigenvalue weighted by Crippen LogP contribution is -2.47. The topological polar surface area (TPSA) is 29.3 Å². The van der Waals surface area contributed by atoms with Crippen LogP contribution in [0.2, 0.25) is 0 Å². The lowest BCUT2D eigenvalue weighted by molar-refractivity contribution is 0.0620. The second-order valence-corrected chi connectivity index (χ2v) is 6.78. The van der Waals surface area contributed by atoms with Crippen molar-refractivity contribution in [2.75, 3.05) is 13.1 Å². The molecule has 2 aliphatic rings. The molecule has 2 N–H and O–H groups in total. The maximum atomic E-state index is 6.08. The van der Waals surface area contributed by atoms with E-state index in [2.05, 4.69) is 36.1 Å². The van der Waals surface area contributed by atoms with Gasteiger partial charge in [-0.1, -0.05) is 44.0 Å². The largest absolute Gasteiger partial charge is 0.330 e. The minimum Gasteiger partial charge on any atom is -0.330 e. The summed E-state index contributed by atoms with van der Waals surface area (Å²) in [5.74, 6) is 0.702. The van der Waals surface area contributed by atoms with Gasteiger partial charge in [0.25, 0.3) is 0 Å². The summed E-state index contributed by atoms with van der Waals surface area (Å²) in [6.07, 6.45) is 9.33. The van der Waals surface area contributed by atoms with Gasteiger partial charge >= 0.3 is 0 Å². The van der Waals surface area contributed by atoms with Crippen LogP contribution in [0.15, 0.2) is 24.3 Å². The number of hydrogen-bond acceptors (Lipinski definition) is 2. The van der Waals surface area contributed by atoms with E-state index in [0.29, 0.717) is 18.0 Å². The Labute approximate surface area is 129 Å². The van der Waals surface area contributed by atoms with Crippen LogP contribution in [0.3, 0.4) is 0 Å². The highest BCUT2D eigenvalue weighted by Crippen LogP contribution is 2.39. The third-order valence-corrected chi connectivity index (χ3v) is 5.70. The summed E-state index contributed by atoms with van der Waals surface area (Å²) in [5.41, 5.74) is 9.25. The monoisotopic (exact) mass is 286 g/mol. The molecule has 116 valence electrons. The number of nitrogens with zero attached hydrogens (tertiary/aromatic N) is 1. The Hall–Kier alpha value is -0.860. The molecule has 1 saturated carbocycles. The summed E-state index contributed by atoms with van der Waals surface area (Å²) < 4.78 is 0. The molecule has 0 heterocycles. The van der Waals surface area contributed by atoms with Gasteiger partial charge in [-0.25, -0.2) is 0 Å². The first-order valence-electron chi connectivity index (χ1n) is 8.88. The highest BCUT2D eigenvalue weighted by Gasteiger charge is 2.34. The SMILES string of the molecule is CCN(C1CCCc2ccccc21)C1CCCCC1CN. The van der Waals surface area contributed by atoms with Crippen LogP contribution in [0, 0.1) is 5.92 Å². The third-order valence-electron chi connectivity index (χ3n) is 5.70. The molecular formula is C19H30N2. The van der Waals surface area contributed by atoms with E-state index < -0.39 is 0 Å². The fraction of sp³-hybridized carbons (Fsp3) is 0.684. The van der Waals surface area contributed by atoms with E-state index in [1.54, 1.807) is 11.1 Å². The molecule has 3 unspecified atom stereocenters. The van der Waals surface area contributed by atoms with Gasteiger partial charge < -0.3 is 5.73 Å². The molecule has 0 amide bonds. The van der Waals surface area contributed by atoms with Gasteiger partial charge in [0.05, 0.1) is 0 Å². The molecular weight excluding hydrogens is 256 g/mol. The first-order chi connectivity index (χ1) is 10.3. The van der Waals surface area contributed by atoms with Crippen LogP contribution in [-0.4, -0.2) is 24.0 Å². The van der Waals surface area contributed by atoms with Crippen LogP contribution in [0.4, 0.5) is 0 Å². The van der Waals surface area contributed by atoms with Gasteiger partial charge in [-0.05, 0) is 62.2 Å². The molecule has 0 aromatic heterocycles. The summed E-state index contributed by atoms with van der Waals surface area (Å²) in [6, 6.07) is 10.4. The molecule has 3 rings (SSSR count). The summed E-state index contributed by atoms with van der Waals surface area (Å²) >= 11 is 0. The molecule has 0 bridgehead atoms. The average molecular weight is 286 g/mol. The average Bonchev–Trinajstić information content (AvgIpc) is 2.56. The Morgan fingerprint density at radius 3 is 2.71 bits per heavy atom. The quantitative estimate of drug-likeness (QED) is 0.909. The van der Waals surface area contributed by atoms with Gasteiger partial charge in [0.15, 0.2) is 0 Å². The summed E-state index contributed by atoms with van der Waals surface area (Å²) in [4.78, 5) is 2.79. The van der Waals surface area contributed by atoms with Gasteiger partial charge in [0.2, 0.25) is 0 Å². The van der Waals surface area contributed by atoms with Crippen molar-refractivity contribution in [1.29, 1.82) is 0 Å². The Kier molecular flexibility index (Phi) is 4.97. The summed E-state index contributed by atoms with van der Waals surface area (Å²) in [6.45, 7) is 4.34. The number of aryl methyl sites for hydroxylation is 1. The smallest absolute Gasteiger partial charge is 0.0353 e. The number of rotatable bonds is 4. The lowest BCUT2D eigenvalue weighted by atomic mass is 9.80. The fourth-order valence-electron chi connectivity index (χ4n) is 4.66. The Morgan fingerprint density at radius 2 is 1.90 bits per heavy atom. The van der Waals surface area contributed by atoms with Crippen molar-refractivity contribution < 1.29 is 0 Å². The van der Waals surface area contributed by atoms with Crippen molar-refractivity contribution in [3.05, 3.63) is 35.4 Å². The van der Waals surface area contributed by atoms with Crippen molar-refractivity contribution in [3.63, 3.8) is 0 Å². The maximum Gasteiger partial charge on any atom is 0.0353 e. The predicted molar refractivity (Wildman–Crippen MR) is 89.3 cm³/mol. The predicted octanol–water partition coefficient (Wildman–Crippen LogP) is 3.90. The molecule has 1 aromatic rings. The van der Waals surface area contributed by atoms with Gasteiger partial charge in [-0.2, -0.15) is 0 Å². The van der Waals surface area contributed by atoms with E-state index in [0.717, 1.165) is 13.1 Å². The molecule has 21 heavy (non-hydrogen) atoms. The molecule has 0 spiro atoms. The van der Waals surface area contributed by atoms with Gasteiger partial charge in [0.1, 0.15) is 0 Å². The molecule has 3 atom stereocenters. The Balaban J connectivity index is 1.86. The second kappa shape index (κ2) is 6.93. The molecule has 0 saturated heterocycles. The van der Waals surface area contributed by atoms with Crippen LogP contribution in [0.1, 0.15) is 62.6 Å². The number of nitrogens with two attached hydrogens (primary N) is 1. The number of fused-ring (bicyclic) bond motifs is 1. The van der Waals surface area contributed by atoms with E-state index in [-0.39, 0.29) is 0 Å². The van der Waals surface area contributed by atoms with Crippen molar-refractivity contribution in [2.24, 2.45) is 11.7 Å². The number of hydrogen-bond donors (Lipinski definition) is 1. The van der Waals surface area contributed by atoms with Gasteiger partial charge in [0, 0.05) is 12.1 Å². The summed E-state index contributed by atoms with van der Waals surface area (Å²) in [7, 11) is 0. The zero-order valence-corrected chi connectivity index (χ0v) is 13.4. The highest BCUT2D eigenvalue weighted by atomic mass is 15.2. The fourth-order valence-corrected chi connectivity index (χ4v) is 4.66. The first-order valence-corrected chi connectivity index (χ1v) is 8.88. The molecule has 2 heteroatoms. The molecule has 2 nitrogen and oxygen atoms in total. The minimum atomic E-state index is 0.622. The lowest BCUT2D eigenvalue weighted by Gasteiger charge is -2.45. The first kappa shape index (κ1) is 15.1. The van der Waals surface area contributed by atoms with Crippen LogP contribution < -0.4 is 5.73 Å². The minimum absolute atomic E-state index is 0.622. The van der Waals surface area contributed by atoms with Gasteiger partial charge in [-0.15, -0.1) is 0 Å². The van der Waals surface area contributed by atoms with Crippen molar-refractivity contribution in [2.45, 2.75) is 64.0 Å². The molecule has 0 radical (unpaired) electrons. The standard InChI is InChI=1S/C19H30N2/c1-2-21(18-12-6-4-9-16(18)14-20)19-13-7-10-15-8-3-5-11-17(15)19/h3,5,8,11,16,18-19H,2,4,6-7,9-10,12-14,20H2,1H3. The molecule has 0 aliphatic heterocycles. The molecule has 1 fully saturated rings. The van der Waals surface area contributed by atoms with Crippen molar-refractivity contribution in [3.8, 4) is 0 Å². The van der Waals surface area contributed by atoms with E-state index >= 15 is 0 Å². The van der Waals surface area contributed by atoms with Gasteiger partial charge in [-0.3, -0.25) is 4.90 Å². The Bertz CT molecular complexity index is 457. The molecule has 2 aliphatic carbocycles.